The molecule has 72 valence electrons. The molecule has 0 aliphatic rings. The quantitative estimate of drug-likeness (QED) is 0.711. The Hall–Kier alpha value is -1.03. The SMILES string of the molecule is CC[C@H](N)c1cc(F)c(F)c(F)c1. The van der Waals surface area contributed by atoms with Crippen LogP contribution in [0.4, 0.5) is 13.2 Å². The van der Waals surface area contributed by atoms with E-state index in [-0.39, 0.29) is 5.56 Å². The van der Waals surface area contributed by atoms with Gasteiger partial charge in [0.1, 0.15) is 0 Å². The van der Waals surface area contributed by atoms with E-state index in [4.69, 9.17) is 5.73 Å². The Labute approximate surface area is 74.4 Å². The highest BCUT2D eigenvalue weighted by atomic mass is 19.2. The van der Waals surface area contributed by atoms with Crippen LogP contribution in [-0.2, 0) is 0 Å². The number of nitrogens with two attached hydrogens (primary N) is 1. The number of rotatable bonds is 2. The lowest BCUT2D eigenvalue weighted by molar-refractivity contribution is 0.443. The average molecular weight is 189 g/mol. The molecule has 1 nitrogen and oxygen atoms in total. The van der Waals surface area contributed by atoms with Gasteiger partial charge < -0.3 is 5.73 Å². The van der Waals surface area contributed by atoms with Crippen LogP contribution < -0.4 is 5.73 Å². The van der Waals surface area contributed by atoms with Crippen molar-refractivity contribution in [1.29, 1.82) is 0 Å². The second-order valence-corrected chi connectivity index (χ2v) is 2.81. The molecule has 0 aliphatic heterocycles. The largest absolute Gasteiger partial charge is 0.324 e. The molecule has 0 aromatic heterocycles. The molecular weight excluding hydrogens is 179 g/mol. The molecule has 0 spiro atoms. The van der Waals surface area contributed by atoms with Crippen LogP contribution in [-0.4, -0.2) is 0 Å². The maximum Gasteiger partial charge on any atom is 0.194 e. The van der Waals surface area contributed by atoms with Gasteiger partial charge in [-0.3, -0.25) is 0 Å². The van der Waals surface area contributed by atoms with Crippen LogP contribution >= 0.6 is 0 Å². The Morgan fingerprint density at radius 2 is 1.69 bits per heavy atom. The molecule has 0 unspecified atom stereocenters. The van der Waals surface area contributed by atoms with Gasteiger partial charge in [0, 0.05) is 6.04 Å². The fourth-order valence-corrected chi connectivity index (χ4v) is 1.02. The molecule has 0 amide bonds. The van der Waals surface area contributed by atoms with E-state index in [9.17, 15) is 13.2 Å². The first kappa shape index (κ1) is 10.1. The van der Waals surface area contributed by atoms with E-state index in [1.165, 1.54) is 0 Å². The van der Waals surface area contributed by atoms with Crippen LogP contribution in [0.1, 0.15) is 24.9 Å². The minimum absolute atomic E-state index is 0.277. The van der Waals surface area contributed by atoms with Crippen LogP contribution in [0, 0.1) is 17.5 Å². The molecule has 0 heterocycles. The standard InChI is InChI=1S/C9H10F3N/c1-2-8(13)5-3-6(10)9(12)7(11)4-5/h3-4,8H,2,13H2,1H3/t8-/m0/s1. The molecule has 0 saturated heterocycles. The first-order valence-electron chi connectivity index (χ1n) is 3.96. The van der Waals surface area contributed by atoms with Crippen LogP contribution in [0.15, 0.2) is 12.1 Å². The van der Waals surface area contributed by atoms with Crippen molar-refractivity contribution in [3.8, 4) is 0 Å². The smallest absolute Gasteiger partial charge is 0.194 e. The summed E-state index contributed by atoms with van der Waals surface area (Å²) in [5, 5.41) is 0. The Morgan fingerprint density at radius 1 is 1.23 bits per heavy atom. The minimum atomic E-state index is -1.45. The summed E-state index contributed by atoms with van der Waals surface area (Å²) in [7, 11) is 0. The van der Waals surface area contributed by atoms with Gasteiger partial charge in [-0.25, -0.2) is 13.2 Å². The summed E-state index contributed by atoms with van der Waals surface area (Å²) >= 11 is 0. The van der Waals surface area contributed by atoms with Crippen molar-refractivity contribution in [2.24, 2.45) is 5.73 Å². The first-order chi connectivity index (χ1) is 6.06. The van der Waals surface area contributed by atoms with Crippen LogP contribution in [0.25, 0.3) is 0 Å². The van der Waals surface area contributed by atoms with E-state index in [2.05, 4.69) is 0 Å². The van der Waals surface area contributed by atoms with Crippen molar-refractivity contribution in [1.82, 2.24) is 0 Å². The summed E-state index contributed by atoms with van der Waals surface area (Å²) < 4.78 is 37.8. The van der Waals surface area contributed by atoms with Crippen molar-refractivity contribution in [2.75, 3.05) is 0 Å². The van der Waals surface area contributed by atoms with E-state index < -0.39 is 23.5 Å². The summed E-state index contributed by atoms with van der Waals surface area (Å²) in [5.41, 5.74) is 5.80. The molecule has 1 atom stereocenters. The Kier molecular flexibility index (Phi) is 2.93. The number of benzene rings is 1. The normalized spacial score (nSPS) is 13.0. The van der Waals surface area contributed by atoms with Gasteiger partial charge in [0.2, 0.25) is 0 Å². The molecule has 13 heavy (non-hydrogen) atoms. The van der Waals surface area contributed by atoms with Crippen LogP contribution in [0.5, 0.6) is 0 Å². The fraction of sp³-hybridized carbons (Fsp3) is 0.333. The fourth-order valence-electron chi connectivity index (χ4n) is 1.02. The van der Waals surface area contributed by atoms with Gasteiger partial charge in [0.15, 0.2) is 17.5 Å². The van der Waals surface area contributed by atoms with Gasteiger partial charge in [-0.1, -0.05) is 6.92 Å². The summed E-state index contributed by atoms with van der Waals surface area (Å²) in [4.78, 5) is 0. The lowest BCUT2D eigenvalue weighted by atomic mass is 10.1. The van der Waals surface area contributed by atoms with Crippen LogP contribution in [0.2, 0.25) is 0 Å². The zero-order chi connectivity index (χ0) is 10.0. The van der Waals surface area contributed by atoms with Crippen molar-refractivity contribution in [2.45, 2.75) is 19.4 Å². The molecule has 4 heteroatoms. The average Bonchev–Trinajstić information content (AvgIpc) is 2.12. The monoisotopic (exact) mass is 189 g/mol. The van der Waals surface area contributed by atoms with Gasteiger partial charge in [0.25, 0.3) is 0 Å². The second kappa shape index (κ2) is 3.79. The Balaban J connectivity index is 3.13. The lowest BCUT2D eigenvalue weighted by Gasteiger charge is -2.09. The Bertz CT molecular complexity index is 289. The zero-order valence-corrected chi connectivity index (χ0v) is 7.15. The van der Waals surface area contributed by atoms with E-state index in [0.717, 1.165) is 12.1 Å². The maximum atomic E-state index is 12.7. The predicted octanol–water partition coefficient (Wildman–Crippen LogP) is 2.51. The summed E-state index contributed by atoms with van der Waals surface area (Å²) in [5.74, 6) is -3.84. The van der Waals surface area contributed by atoms with Crippen LogP contribution in [0.3, 0.4) is 0 Å². The molecule has 1 aromatic rings. The molecule has 0 radical (unpaired) electrons. The van der Waals surface area contributed by atoms with E-state index >= 15 is 0 Å². The van der Waals surface area contributed by atoms with Crippen molar-refractivity contribution >= 4 is 0 Å². The summed E-state index contributed by atoms with van der Waals surface area (Å²) in [6.45, 7) is 1.78. The highest BCUT2D eigenvalue weighted by Gasteiger charge is 2.13. The Morgan fingerprint density at radius 3 is 2.08 bits per heavy atom. The zero-order valence-electron chi connectivity index (χ0n) is 7.15. The van der Waals surface area contributed by atoms with Crippen molar-refractivity contribution < 1.29 is 13.2 Å². The number of hydrogen-bond acceptors (Lipinski definition) is 1. The summed E-state index contributed by atoms with van der Waals surface area (Å²) in [6.07, 6.45) is 0.546. The molecule has 0 fully saturated rings. The van der Waals surface area contributed by atoms with Gasteiger partial charge in [-0.2, -0.15) is 0 Å². The van der Waals surface area contributed by atoms with Gasteiger partial charge in [-0.05, 0) is 24.1 Å². The molecule has 0 bridgehead atoms. The topological polar surface area (TPSA) is 26.0 Å². The highest BCUT2D eigenvalue weighted by Crippen LogP contribution is 2.19. The first-order valence-corrected chi connectivity index (χ1v) is 3.96. The summed E-state index contributed by atoms with van der Waals surface area (Å²) in [6, 6.07) is 1.39. The maximum absolute atomic E-state index is 12.7. The van der Waals surface area contributed by atoms with Gasteiger partial charge in [-0.15, -0.1) is 0 Å². The molecule has 1 rings (SSSR count). The van der Waals surface area contributed by atoms with Gasteiger partial charge in [0.05, 0.1) is 0 Å². The second-order valence-electron chi connectivity index (χ2n) is 2.81. The third-order valence-electron chi connectivity index (χ3n) is 1.87. The van der Waals surface area contributed by atoms with E-state index in [1.807, 2.05) is 0 Å². The highest BCUT2D eigenvalue weighted by molar-refractivity contribution is 5.22. The van der Waals surface area contributed by atoms with E-state index in [1.54, 1.807) is 6.92 Å². The third-order valence-corrected chi connectivity index (χ3v) is 1.87. The molecule has 1 aromatic carbocycles. The molecular formula is C9H10F3N. The third kappa shape index (κ3) is 2.01. The lowest BCUT2D eigenvalue weighted by Crippen LogP contribution is -2.10. The number of hydrogen-bond donors (Lipinski definition) is 1. The predicted molar refractivity (Wildman–Crippen MR) is 43.5 cm³/mol. The van der Waals surface area contributed by atoms with Gasteiger partial charge >= 0.3 is 0 Å². The number of halogens is 3. The molecule has 2 N–H and O–H groups in total. The minimum Gasteiger partial charge on any atom is -0.324 e. The molecule has 0 aliphatic carbocycles. The van der Waals surface area contributed by atoms with Crippen molar-refractivity contribution in [3.63, 3.8) is 0 Å². The van der Waals surface area contributed by atoms with Crippen molar-refractivity contribution in [3.05, 3.63) is 35.1 Å². The van der Waals surface area contributed by atoms with E-state index in [0.29, 0.717) is 6.42 Å². The molecule has 0 saturated carbocycles.